The Bertz CT molecular complexity index is 888. The molecule has 0 radical (unpaired) electrons. The van der Waals surface area contributed by atoms with Gasteiger partial charge in [-0.2, -0.15) is 0 Å². The molecule has 1 aliphatic rings. The summed E-state index contributed by atoms with van der Waals surface area (Å²) in [6.07, 6.45) is 2.59. The first-order valence-corrected chi connectivity index (χ1v) is 11.3. The lowest BCUT2D eigenvalue weighted by atomic mass is 9.94. The fourth-order valence-electron chi connectivity index (χ4n) is 3.42. The molecule has 1 unspecified atom stereocenters. The van der Waals surface area contributed by atoms with Gasteiger partial charge in [0, 0.05) is 12.6 Å². The number of fused-ring (bicyclic) bond motifs is 1. The summed E-state index contributed by atoms with van der Waals surface area (Å²) in [6.45, 7) is 2.63. The predicted molar refractivity (Wildman–Crippen MR) is 109 cm³/mol. The average molecular weight is 407 g/mol. The monoisotopic (exact) mass is 406 g/mol. The van der Waals surface area contributed by atoms with E-state index in [1.165, 1.54) is 5.56 Å². The van der Waals surface area contributed by atoms with Gasteiger partial charge >= 0.3 is 0 Å². The molecular weight excluding hydrogens is 379 g/mol. The first-order valence-electron chi connectivity index (χ1n) is 9.68. The highest BCUT2D eigenvalue weighted by molar-refractivity contribution is 7.89. The van der Waals surface area contributed by atoms with E-state index in [1.807, 2.05) is 18.2 Å². The Kier molecular flexibility index (Phi) is 7.04. The van der Waals surface area contributed by atoms with Gasteiger partial charge in [-0.15, -0.1) is 0 Å². The summed E-state index contributed by atoms with van der Waals surface area (Å²) < 4.78 is 45.4. The summed E-state index contributed by atoms with van der Waals surface area (Å²) in [5.41, 5.74) is 3.27. The van der Waals surface area contributed by atoms with Crippen molar-refractivity contribution >= 4 is 10.0 Å². The highest BCUT2D eigenvalue weighted by atomic mass is 32.2. The van der Waals surface area contributed by atoms with E-state index in [0.29, 0.717) is 0 Å². The highest BCUT2D eigenvalue weighted by Gasteiger charge is 2.21. The molecule has 0 amide bonds. The zero-order valence-corrected chi connectivity index (χ0v) is 16.9. The Labute approximate surface area is 166 Å². The molecule has 7 heteroatoms. The Morgan fingerprint density at radius 1 is 1.25 bits per heavy atom. The number of nitrogens with one attached hydrogen (secondary N) is 2. The minimum Gasteiger partial charge on any atom is -0.489 e. The first-order chi connectivity index (χ1) is 13.5. The van der Waals surface area contributed by atoms with Crippen molar-refractivity contribution in [1.29, 1.82) is 0 Å². The topological polar surface area (TPSA) is 67.4 Å². The Hall–Kier alpha value is -1.96. The maximum Gasteiger partial charge on any atom is 0.211 e. The molecule has 2 aromatic rings. The van der Waals surface area contributed by atoms with Gasteiger partial charge in [0.25, 0.3) is 0 Å². The second-order valence-corrected chi connectivity index (χ2v) is 9.02. The summed E-state index contributed by atoms with van der Waals surface area (Å²) in [7, 11) is -3.28. The van der Waals surface area contributed by atoms with E-state index in [0.717, 1.165) is 36.9 Å². The number of aryl methyl sites for hydroxylation is 1. The number of hydrogen-bond donors (Lipinski definition) is 2. The van der Waals surface area contributed by atoms with Crippen molar-refractivity contribution in [3.8, 4) is 5.75 Å². The molecule has 0 aliphatic carbocycles. The van der Waals surface area contributed by atoms with Gasteiger partial charge in [-0.05, 0) is 61.6 Å². The van der Waals surface area contributed by atoms with Crippen LogP contribution in [0.15, 0.2) is 42.5 Å². The van der Waals surface area contributed by atoms with Crippen LogP contribution in [0.25, 0.3) is 0 Å². The fourth-order valence-corrected chi connectivity index (χ4v) is 4.02. The van der Waals surface area contributed by atoms with Crippen molar-refractivity contribution in [2.24, 2.45) is 0 Å². The standard InChI is InChI=1S/C21H27FN2O3S/c1-2-28(25,26)24-11-12-27-21-15-18-17(14-19(21)22)9-6-10-23-20(18)13-16-7-4-3-5-8-16/h3-5,7-8,14-15,20,23-24H,2,6,9-13H2,1H3. The minimum atomic E-state index is -3.28. The number of rotatable bonds is 8. The second kappa shape index (κ2) is 9.49. The molecule has 0 spiro atoms. The van der Waals surface area contributed by atoms with Crippen molar-refractivity contribution in [2.75, 3.05) is 25.4 Å². The molecule has 0 saturated carbocycles. The summed E-state index contributed by atoms with van der Waals surface area (Å²) in [5.74, 6) is -0.235. The van der Waals surface area contributed by atoms with E-state index >= 15 is 0 Å². The largest absolute Gasteiger partial charge is 0.489 e. The third-order valence-electron chi connectivity index (χ3n) is 4.93. The lowest BCUT2D eigenvalue weighted by Crippen LogP contribution is -2.29. The molecule has 3 rings (SSSR count). The molecule has 1 atom stereocenters. The molecule has 5 nitrogen and oxygen atoms in total. The maximum atomic E-state index is 14.5. The fraction of sp³-hybridized carbons (Fsp3) is 0.429. The summed E-state index contributed by atoms with van der Waals surface area (Å²) in [5, 5.41) is 3.56. The van der Waals surface area contributed by atoms with Crippen LogP contribution in [0.5, 0.6) is 5.75 Å². The van der Waals surface area contributed by atoms with Crippen LogP contribution in [0.4, 0.5) is 4.39 Å². The van der Waals surface area contributed by atoms with E-state index in [1.54, 1.807) is 19.1 Å². The van der Waals surface area contributed by atoms with Crippen LogP contribution < -0.4 is 14.8 Å². The molecule has 28 heavy (non-hydrogen) atoms. The molecule has 1 heterocycles. The normalized spacial score (nSPS) is 17.0. The summed E-state index contributed by atoms with van der Waals surface area (Å²) in [6, 6.07) is 13.6. The number of benzene rings is 2. The van der Waals surface area contributed by atoms with E-state index in [9.17, 15) is 12.8 Å². The molecular formula is C21H27FN2O3S. The lowest BCUT2D eigenvalue weighted by molar-refractivity contribution is 0.305. The minimum absolute atomic E-state index is 0.00699. The van der Waals surface area contributed by atoms with Crippen LogP contribution in [0, 0.1) is 5.82 Å². The van der Waals surface area contributed by atoms with Gasteiger partial charge in [0.1, 0.15) is 6.61 Å². The number of sulfonamides is 1. The van der Waals surface area contributed by atoms with Crippen molar-refractivity contribution in [3.63, 3.8) is 0 Å². The molecule has 0 bridgehead atoms. The Balaban J connectivity index is 1.75. The van der Waals surface area contributed by atoms with Gasteiger partial charge in [-0.1, -0.05) is 30.3 Å². The summed E-state index contributed by atoms with van der Waals surface area (Å²) in [4.78, 5) is 0. The van der Waals surface area contributed by atoms with Gasteiger partial charge in [-0.3, -0.25) is 0 Å². The second-order valence-electron chi connectivity index (χ2n) is 6.93. The number of ether oxygens (including phenoxy) is 1. The van der Waals surface area contributed by atoms with Crippen molar-refractivity contribution in [1.82, 2.24) is 10.0 Å². The summed E-state index contributed by atoms with van der Waals surface area (Å²) >= 11 is 0. The zero-order valence-electron chi connectivity index (χ0n) is 16.1. The van der Waals surface area contributed by atoms with E-state index in [2.05, 4.69) is 22.2 Å². The Morgan fingerprint density at radius 2 is 2.04 bits per heavy atom. The zero-order chi connectivity index (χ0) is 20.0. The van der Waals surface area contributed by atoms with Crippen LogP contribution >= 0.6 is 0 Å². The quantitative estimate of drug-likeness (QED) is 0.662. The Morgan fingerprint density at radius 3 is 2.79 bits per heavy atom. The van der Waals surface area contributed by atoms with Gasteiger partial charge in [-0.25, -0.2) is 17.5 Å². The van der Waals surface area contributed by atoms with E-state index in [4.69, 9.17) is 4.74 Å². The van der Waals surface area contributed by atoms with Crippen LogP contribution in [-0.2, 0) is 22.9 Å². The van der Waals surface area contributed by atoms with E-state index in [-0.39, 0.29) is 30.7 Å². The van der Waals surface area contributed by atoms with Gasteiger partial charge in [0.15, 0.2) is 11.6 Å². The van der Waals surface area contributed by atoms with Gasteiger partial charge in [0.2, 0.25) is 10.0 Å². The average Bonchev–Trinajstić information content (AvgIpc) is 2.88. The first kappa shape index (κ1) is 20.8. The SMILES string of the molecule is CCS(=O)(=O)NCCOc1cc2c(cc1F)CCCNC2Cc1ccccc1. The number of halogens is 1. The molecule has 0 saturated heterocycles. The maximum absolute atomic E-state index is 14.5. The van der Waals surface area contributed by atoms with Crippen molar-refractivity contribution < 1.29 is 17.5 Å². The van der Waals surface area contributed by atoms with Gasteiger partial charge in [0.05, 0.1) is 5.75 Å². The molecule has 2 N–H and O–H groups in total. The van der Waals surface area contributed by atoms with Crippen molar-refractivity contribution in [2.45, 2.75) is 32.2 Å². The molecule has 0 aromatic heterocycles. The number of hydrogen-bond acceptors (Lipinski definition) is 4. The predicted octanol–water partition coefficient (Wildman–Crippen LogP) is 2.96. The van der Waals surface area contributed by atoms with Crippen LogP contribution in [0.3, 0.4) is 0 Å². The molecule has 1 aliphatic heterocycles. The molecule has 2 aromatic carbocycles. The van der Waals surface area contributed by atoms with Crippen LogP contribution in [-0.4, -0.2) is 33.9 Å². The smallest absolute Gasteiger partial charge is 0.211 e. The molecule has 152 valence electrons. The van der Waals surface area contributed by atoms with Crippen LogP contribution in [0.1, 0.15) is 36.1 Å². The highest BCUT2D eigenvalue weighted by Crippen LogP contribution is 2.31. The van der Waals surface area contributed by atoms with Gasteiger partial charge < -0.3 is 10.1 Å². The molecule has 0 fully saturated rings. The third kappa shape index (κ3) is 5.53. The van der Waals surface area contributed by atoms with E-state index < -0.39 is 15.8 Å². The van der Waals surface area contributed by atoms with Crippen LogP contribution in [0.2, 0.25) is 0 Å². The lowest BCUT2D eigenvalue weighted by Gasteiger charge is -2.20. The van der Waals surface area contributed by atoms with Crippen molar-refractivity contribution in [3.05, 3.63) is 65.0 Å². The third-order valence-corrected chi connectivity index (χ3v) is 6.33.